The predicted molar refractivity (Wildman–Crippen MR) is 51.3 cm³/mol. The Hall–Kier alpha value is -1.18. The van der Waals surface area contributed by atoms with Crippen molar-refractivity contribution in [2.75, 3.05) is 0 Å². The molecule has 1 aliphatic rings. The number of hydrogen-bond donors (Lipinski definition) is 0. The molecule has 0 aromatic carbocycles. The van der Waals surface area contributed by atoms with E-state index in [1.54, 1.807) is 6.08 Å². The predicted octanol–water partition coefficient (Wildman–Crippen LogP) is 2.06. The molecule has 0 aromatic rings. The summed E-state index contributed by atoms with van der Waals surface area (Å²) in [5, 5.41) is 0. The molecule has 1 rings (SSSR count). The zero-order chi connectivity index (χ0) is 9.84. The first kappa shape index (κ1) is 9.90. The Bertz CT molecular complexity index is 284. The summed E-state index contributed by atoms with van der Waals surface area (Å²) in [7, 11) is 0. The average Bonchev–Trinajstić information content (AvgIpc) is 2.11. The summed E-state index contributed by atoms with van der Waals surface area (Å²) in [5.74, 6) is -0.231. The van der Waals surface area contributed by atoms with Crippen molar-refractivity contribution in [3.05, 3.63) is 23.8 Å². The van der Waals surface area contributed by atoms with Crippen LogP contribution in [0.25, 0.3) is 0 Å². The van der Waals surface area contributed by atoms with E-state index in [0.717, 1.165) is 18.4 Å². The molecule has 0 fully saturated rings. The summed E-state index contributed by atoms with van der Waals surface area (Å²) in [6, 6.07) is 0. The maximum atomic E-state index is 11.0. The second-order valence-corrected chi connectivity index (χ2v) is 3.50. The zero-order valence-corrected chi connectivity index (χ0v) is 8.04. The van der Waals surface area contributed by atoms with Gasteiger partial charge in [-0.2, -0.15) is 0 Å². The highest BCUT2D eigenvalue weighted by atomic mass is 16.2. The van der Waals surface area contributed by atoms with E-state index in [4.69, 9.17) is 0 Å². The first-order chi connectivity index (χ1) is 6.13. The monoisotopic (exact) mass is 178 g/mol. The molecule has 2 nitrogen and oxygen atoms in total. The van der Waals surface area contributed by atoms with E-state index in [9.17, 15) is 9.59 Å². The minimum Gasteiger partial charge on any atom is -0.286 e. The van der Waals surface area contributed by atoms with E-state index in [0.29, 0.717) is 5.92 Å². The van der Waals surface area contributed by atoms with Crippen molar-refractivity contribution in [1.82, 2.24) is 0 Å². The van der Waals surface area contributed by atoms with Gasteiger partial charge in [0.2, 0.25) is 11.6 Å². The average molecular weight is 178 g/mol. The number of carbonyl (C=O) groups excluding carboxylic acids is 2. The second kappa shape index (κ2) is 4.17. The van der Waals surface area contributed by atoms with Crippen molar-refractivity contribution < 1.29 is 9.59 Å². The summed E-state index contributed by atoms with van der Waals surface area (Å²) in [6.07, 6.45) is 6.53. The molecule has 0 heterocycles. The number of hydrogen-bond acceptors (Lipinski definition) is 2. The van der Waals surface area contributed by atoms with Crippen LogP contribution in [0.1, 0.15) is 26.7 Å². The molecule has 0 amide bonds. The van der Waals surface area contributed by atoms with Crippen LogP contribution < -0.4 is 0 Å². The van der Waals surface area contributed by atoms with E-state index >= 15 is 0 Å². The van der Waals surface area contributed by atoms with Gasteiger partial charge in [0.1, 0.15) is 0 Å². The van der Waals surface area contributed by atoms with Gasteiger partial charge in [0.05, 0.1) is 0 Å². The fourth-order valence-electron chi connectivity index (χ4n) is 1.23. The molecule has 1 aliphatic carbocycles. The smallest absolute Gasteiger partial charge is 0.225 e. The summed E-state index contributed by atoms with van der Waals surface area (Å²) < 4.78 is 0. The van der Waals surface area contributed by atoms with Crippen LogP contribution in [0.15, 0.2) is 23.8 Å². The Kier molecular flexibility index (Phi) is 3.18. The number of carbonyl (C=O) groups is 2. The highest BCUT2D eigenvalue weighted by Gasteiger charge is 2.13. The number of ketones is 2. The highest BCUT2D eigenvalue weighted by Crippen LogP contribution is 2.17. The van der Waals surface area contributed by atoms with E-state index < -0.39 is 5.78 Å². The van der Waals surface area contributed by atoms with Crippen LogP contribution in [0.4, 0.5) is 0 Å². The van der Waals surface area contributed by atoms with Crippen molar-refractivity contribution in [3.63, 3.8) is 0 Å². The van der Waals surface area contributed by atoms with Crippen molar-refractivity contribution in [2.45, 2.75) is 26.7 Å². The highest BCUT2D eigenvalue weighted by molar-refractivity contribution is 6.46. The molecule has 1 unspecified atom stereocenters. The van der Waals surface area contributed by atoms with Gasteiger partial charge in [0.25, 0.3) is 0 Å². The minimum atomic E-state index is -0.409. The molecular formula is C11H14O2. The molecule has 0 aliphatic heterocycles. The van der Waals surface area contributed by atoms with Gasteiger partial charge in [-0.05, 0) is 30.1 Å². The number of allylic oxidation sites excluding steroid dienone is 4. The molecule has 0 saturated heterocycles. The lowest BCUT2D eigenvalue weighted by Crippen LogP contribution is -2.12. The third-order valence-electron chi connectivity index (χ3n) is 2.29. The number of rotatable bonds is 3. The Balaban J connectivity index is 2.63. The van der Waals surface area contributed by atoms with Crippen molar-refractivity contribution in [3.8, 4) is 0 Å². The van der Waals surface area contributed by atoms with Crippen LogP contribution in [0.5, 0.6) is 0 Å². The maximum absolute atomic E-state index is 11.0. The zero-order valence-electron chi connectivity index (χ0n) is 8.04. The van der Waals surface area contributed by atoms with Gasteiger partial charge in [-0.25, -0.2) is 0 Å². The fourth-order valence-corrected chi connectivity index (χ4v) is 1.23. The largest absolute Gasteiger partial charge is 0.286 e. The third kappa shape index (κ3) is 2.65. The molecule has 2 heteroatoms. The maximum Gasteiger partial charge on any atom is 0.225 e. The normalized spacial score (nSPS) is 18.8. The lowest BCUT2D eigenvalue weighted by molar-refractivity contribution is -0.131. The van der Waals surface area contributed by atoms with Gasteiger partial charge in [-0.15, -0.1) is 0 Å². The van der Waals surface area contributed by atoms with Crippen LogP contribution in [-0.4, -0.2) is 11.6 Å². The summed E-state index contributed by atoms with van der Waals surface area (Å²) in [4.78, 5) is 21.8. The summed E-state index contributed by atoms with van der Waals surface area (Å²) >= 11 is 0. The van der Waals surface area contributed by atoms with Gasteiger partial charge < -0.3 is 0 Å². The van der Waals surface area contributed by atoms with E-state index in [1.165, 1.54) is 12.2 Å². The quantitative estimate of drug-likeness (QED) is 0.489. The molecule has 0 saturated carbocycles. The van der Waals surface area contributed by atoms with Crippen LogP contribution in [0, 0.1) is 5.92 Å². The molecule has 0 aromatic heterocycles. The minimum absolute atomic E-state index is 0.388. The molecule has 0 radical (unpaired) electrons. The third-order valence-corrected chi connectivity index (χ3v) is 2.29. The second-order valence-electron chi connectivity index (χ2n) is 3.50. The van der Waals surface area contributed by atoms with Crippen LogP contribution in [-0.2, 0) is 9.59 Å². The van der Waals surface area contributed by atoms with Gasteiger partial charge in [-0.1, -0.05) is 26.3 Å². The Morgan fingerprint density at radius 3 is 2.46 bits per heavy atom. The van der Waals surface area contributed by atoms with Crippen LogP contribution in [0.3, 0.4) is 0 Å². The van der Waals surface area contributed by atoms with E-state index in [-0.39, 0.29) is 5.78 Å². The van der Waals surface area contributed by atoms with E-state index in [1.807, 2.05) is 0 Å². The van der Waals surface area contributed by atoms with Gasteiger partial charge in [0, 0.05) is 0 Å². The van der Waals surface area contributed by atoms with Gasteiger partial charge in [0.15, 0.2) is 0 Å². The molecular weight excluding hydrogens is 164 g/mol. The Morgan fingerprint density at radius 1 is 1.23 bits per heavy atom. The molecule has 13 heavy (non-hydrogen) atoms. The molecule has 0 bridgehead atoms. The lowest BCUT2D eigenvalue weighted by Gasteiger charge is -2.10. The summed E-state index contributed by atoms with van der Waals surface area (Å²) in [6.45, 7) is 4.25. The van der Waals surface area contributed by atoms with E-state index in [2.05, 4.69) is 13.8 Å². The van der Waals surface area contributed by atoms with Crippen molar-refractivity contribution in [1.29, 1.82) is 0 Å². The van der Waals surface area contributed by atoms with Gasteiger partial charge >= 0.3 is 0 Å². The lowest BCUT2D eigenvalue weighted by atomic mass is 9.94. The molecule has 70 valence electrons. The molecule has 0 N–H and O–H groups in total. The topological polar surface area (TPSA) is 34.1 Å². The molecule has 0 spiro atoms. The fraction of sp³-hybridized carbons (Fsp3) is 0.455. The Morgan fingerprint density at radius 2 is 1.92 bits per heavy atom. The molecule has 1 atom stereocenters. The summed E-state index contributed by atoms with van der Waals surface area (Å²) in [5.41, 5.74) is 0.971. The van der Waals surface area contributed by atoms with Crippen molar-refractivity contribution in [2.24, 2.45) is 5.92 Å². The SMILES string of the molecule is CCC(C)CC1=CC(=O)C(=O)C=C1. The van der Waals surface area contributed by atoms with Crippen molar-refractivity contribution >= 4 is 11.6 Å². The first-order valence-corrected chi connectivity index (χ1v) is 4.60. The standard InChI is InChI=1S/C11H14O2/c1-3-8(2)6-9-4-5-10(12)11(13)7-9/h4-5,7-8H,3,6H2,1-2H3. The van der Waals surface area contributed by atoms with Gasteiger partial charge in [-0.3, -0.25) is 9.59 Å². The first-order valence-electron chi connectivity index (χ1n) is 4.60. The van der Waals surface area contributed by atoms with Crippen LogP contribution in [0.2, 0.25) is 0 Å². The van der Waals surface area contributed by atoms with Crippen LogP contribution >= 0.6 is 0 Å². The Labute approximate surface area is 78.3 Å².